The van der Waals surface area contributed by atoms with Crippen LogP contribution in [-0.4, -0.2) is 55.1 Å². The Morgan fingerprint density at radius 2 is 1.69 bits per heavy atom. The molecule has 78 valence electrons. The van der Waals surface area contributed by atoms with Crippen LogP contribution in [0.25, 0.3) is 0 Å². The molecular formula is C10H23N3. The van der Waals surface area contributed by atoms with Crippen molar-refractivity contribution in [3.63, 3.8) is 0 Å². The van der Waals surface area contributed by atoms with Crippen molar-refractivity contribution in [3.8, 4) is 0 Å². The van der Waals surface area contributed by atoms with Crippen molar-refractivity contribution in [2.24, 2.45) is 5.73 Å². The van der Waals surface area contributed by atoms with Gasteiger partial charge in [-0.1, -0.05) is 6.92 Å². The second-order valence-electron chi connectivity index (χ2n) is 4.12. The molecule has 2 N–H and O–H groups in total. The van der Waals surface area contributed by atoms with E-state index in [4.69, 9.17) is 5.73 Å². The van der Waals surface area contributed by atoms with E-state index in [2.05, 4.69) is 23.6 Å². The smallest absolute Gasteiger partial charge is 0.0139 e. The van der Waals surface area contributed by atoms with Crippen LogP contribution in [0.4, 0.5) is 0 Å². The standard InChI is InChI=1S/C10H23N3/c1-3-4-12-5-7-13(8-6-12)9-10(2)11/h10H,3-9,11H2,1-2H3/t10-/m0/s1. The van der Waals surface area contributed by atoms with Crippen LogP contribution in [-0.2, 0) is 0 Å². The van der Waals surface area contributed by atoms with Crippen molar-refractivity contribution >= 4 is 0 Å². The van der Waals surface area contributed by atoms with E-state index in [-0.39, 0.29) is 0 Å². The SMILES string of the molecule is CCCN1CCN(C[C@H](C)N)CC1. The van der Waals surface area contributed by atoms with E-state index in [0.29, 0.717) is 6.04 Å². The highest BCUT2D eigenvalue weighted by Crippen LogP contribution is 2.02. The van der Waals surface area contributed by atoms with E-state index < -0.39 is 0 Å². The van der Waals surface area contributed by atoms with Crippen molar-refractivity contribution < 1.29 is 0 Å². The molecule has 0 bridgehead atoms. The third-order valence-corrected chi connectivity index (χ3v) is 2.55. The van der Waals surface area contributed by atoms with E-state index in [0.717, 1.165) is 6.54 Å². The van der Waals surface area contributed by atoms with Gasteiger partial charge in [0.2, 0.25) is 0 Å². The predicted molar refractivity (Wildman–Crippen MR) is 56.8 cm³/mol. The molecule has 13 heavy (non-hydrogen) atoms. The number of hydrogen-bond acceptors (Lipinski definition) is 3. The lowest BCUT2D eigenvalue weighted by Crippen LogP contribution is -2.49. The molecule has 1 aliphatic rings. The Balaban J connectivity index is 2.15. The highest BCUT2D eigenvalue weighted by molar-refractivity contribution is 4.73. The van der Waals surface area contributed by atoms with Crippen LogP contribution in [0.3, 0.4) is 0 Å². The second kappa shape index (κ2) is 5.58. The first-order valence-electron chi connectivity index (χ1n) is 5.42. The zero-order valence-corrected chi connectivity index (χ0v) is 9.00. The molecule has 1 saturated heterocycles. The lowest BCUT2D eigenvalue weighted by molar-refractivity contribution is 0.129. The first-order valence-corrected chi connectivity index (χ1v) is 5.42. The largest absolute Gasteiger partial charge is 0.327 e. The van der Waals surface area contributed by atoms with Gasteiger partial charge in [0.05, 0.1) is 0 Å². The molecule has 0 aliphatic carbocycles. The number of nitrogens with zero attached hydrogens (tertiary/aromatic N) is 2. The molecule has 0 aromatic rings. The highest BCUT2D eigenvalue weighted by atomic mass is 15.3. The summed E-state index contributed by atoms with van der Waals surface area (Å²) in [4.78, 5) is 5.01. The predicted octanol–water partition coefficient (Wildman–Crippen LogP) is 0.361. The van der Waals surface area contributed by atoms with Crippen LogP contribution in [0.1, 0.15) is 20.3 Å². The fourth-order valence-electron chi connectivity index (χ4n) is 1.92. The van der Waals surface area contributed by atoms with Gasteiger partial charge in [0.25, 0.3) is 0 Å². The Morgan fingerprint density at radius 3 is 2.15 bits per heavy atom. The maximum atomic E-state index is 5.76. The number of nitrogens with two attached hydrogens (primary N) is 1. The van der Waals surface area contributed by atoms with Crippen LogP contribution in [0.15, 0.2) is 0 Å². The normalized spacial score (nSPS) is 23.3. The van der Waals surface area contributed by atoms with Gasteiger partial charge in [-0.15, -0.1) is 0 Å². The topological polar surface area (TPSA) is 32.5 Å². The van der Waals surface area contributed by atoms with Gasteiger partial charge in [-0.3, -0.25) is 4.90 Å². The van der Waals surface area contributed by atoms with E-state index >= 15 is 0 Å². The Kier molecular flexibility index (Phi) is 4.70. The Labute approximate surface area is 81.9 Å². The van der Waals surface area contributed by atoms with Crippen molar-refractivity contribution in [1.82, 2.24) is 9.80 Å². The van der Waals surface area contributed by atoms with Crippen LogP contribution in [0.2, 0.25) is 0 Å². The summed E-state index contributed by atoms with van der Waals surface area (Å²) in [7, 11) is 0. The molecule has 0 saturated carbocycles. The number of hydrogen-bond donors (Lipinski definition) is 1. The summed E-state index contributed by atoms with van der Waals surface area (Å²) in [6.07, 6.45) is 1.27. The summed E-state index contributed by atoms with van der Waals surface area (Å²) >= 11 is 0. The fourth-order valence-corrected chi connectivity index (χ4v) is 1.92. The third-order valence-electron chi connectivity index (χ3n) is 2.55. The zero-order valence-electron chi connectivity index (χ0n) is 9.00. The van der Waals surface area contributed by atoms with Gasteiger partial charge in [-0.2, -0.15) is 0 Å². The molecule has 0 aromatic carbocycles. The highest BCUT2D eigenvalue weighted by Gasteiger charge is 2.16. The summed E-state index contributed by atoms with van der Waals surface area (Å²) in [6.45, 7) is 11.5. The van der Waals surface area contributed by atoms with Gasteiger partial charge in [0.15, 0.2) is 0 Å². The summed E-state index contributed by atoms with van der Waals surface area (Å²) in [5, 5.41) is 0. The lowest BCUT2D eigenvalue weighted by Gasteiger charge is -2.35. The molecule has 0 aromatic heterocycles. The van der Waals surface area contributed by atoms with E-state index in [1.165, 1.54) is 39.1 Å². The maximum Gasteiger partial charge on any atom is 0.0139 e. The van der Waals surface area contributed by atoms with Gasteiger partial charge in [0, 0.05) is 38.8 Å². The van der Waals surface area contributed by atoms with E-state index in [1.807, 2.05) is 0 Å². The number of piperazine rings is 1. The molecule has 0 spiro atoms. The third kappa shape index (κ3) is 4.07. The Morgan fingerprint density at radius 1 is 1.15 bits per heavy atom. The molecular weight excluding hydrogens is 162 g/mol. The lowest BCUT2D eigenvalue weighted by atomic mass is 10.2. The molecule has 0 unspecified atom stereocenters. The van der Waals surface area contributed by atoms with E-state index in [9.17, 15) is 0 Å². The van der Waals surface area contributed by atoms with Crippen LogP contribution < -0.4 is 5.73 Å². The van der Waals surface area contributed by atoms with Crippen LogP contribution >= 0.6 is 0 Å². The average molecular weight is 185 g/mol. The first kappa shape index (κ1) is 11.0. The summed E-state index contributed by atoms with van der Waals surface area (Å²) in [5.74, 6) is 0. The summed E-state index contributed by atoms with van der Waals surface area (Å²) in [5.41, 5.74) is 5.76. The fraction of sp³-hybridized carbons (Fsp3) is 1.00. The van der Waals surface area contributed by atoms with Crippen LogP contribution in [0.5, 0.6) is 0 Å². The molecule has 1 rings (SSSR count). The molecule has 3 nitrogen and oxygen atoms in total. The van der Waals surface area contributed by atoms with Crippen molar-refractivity contribution in [2.45, 2.75) is 26.3 Å². The molecule has 1 atom stereocenters. The Bertz CT molecular complexity index is 128. The van der Waals surface area contributed by atoms with Gasteiger partial charge in [0.1, 0.15) is 0 Å². The van der Waals surface area contributed by atoms with Gasteiger partial charge < -0.3 is 10.6 Å². The molecule has 3 heteroatoms. The molecule has 1 fully saturated rings. The Hall–Kier alpha value is -0.120. The minimum atomic E-state index is 0.317. The van der Waals surface area contributed by atoms with Crippen molar-refractivity contribution in [1.29, 1.82) is 0 Å². The van der Waals surface area contributed by atoms with Gasteiger partial charge in [-0.05, 0) is 19.9 Å². The molecule has 0 amide bonds. The minimum Gasteiger partial charge on any atom is -0.327 e. The molecule has 0 radical (unpaired) electrons. The summed E-state index contributed by atoms with van der Waals surface area (Å²) < 4.78 is 0. The van der Waals surface area contributed by atoms with Crippen molar-refractivity contribution in [2.75, 3.05) is 39.3 Å². The molecule has 1 heterocycles. The summed E-state index contributed by atoms with van der Waals surface area (Å²) in [6, 6.07) is 0.317. The quantitative estimate of drug-likeness (QED) is 0.686. The molecule has 1 aliphatic heterocycles. The minimum absolute atomic E-state index is 0.317. The van der Waals surface area contributed by atoms with Crippen molar-refractivity contribution in [3.05, 3.63) is 0 Å². The van der Waals surface area contributed by atoms with Gasteiger partial charge >= 0.3 is 0 Å². The maximum absolute atomic E-state index is 5.76. The van der Waals surface area contributed by atoms with Gasteiger partial charge in [-0.25, -0.2) is 0 Å². The second-order valence-corrected chi connectivity index (χ2v) is 4.12. The zero-order chi connectivity index (χ0) is 9.68. The first-order chi connectivity index (χ1) is 6.22. The van der Waals surface area contributed by atoms with E-state index in [1.54, 1.807) is 0 Å². The average Bonchev–Trinajstić information content (AvgIpc) is 2.08. The number of rotatable bonds is 4. The van der Waals surface area contributed by atoms with Crippen LogP contribution in [0, 0.1) is 0 Å². The monoisotopic (exact) mass is 185 g/mol.